The monoisotopic (exact) mass is 360 g/mol. The molecular weight excluding hydrogens is 340 g/mol. The Hall–Kier alpha value is -2.61. The molecule has 3 aromatic rings. The molecule has 0 saturated heterocycles. The highest BCUT2D eigenvalue weighted by Crippen LogP contribution is 2.19. The Morgan fingerprint density at radius 3 is 2.44 bits per heavy atom. The Kier molecular flexibility index (Phi) is 4.38. The molecule has 0 spiro atoms. The molecule has 8 heteroatoms. The lowest BCUT2D eigenvalue weighted by atomic mass is 10.2. The standard InChI is InChI=1S/C17H20N4O3S/c1-4-16-18-21(5-2)17(22)15-10-14(11-20(15)16)25(23,24)19-13-8-6-12(3)7-9-13/h6-11,19H,4-5H2,1-3H3. The summed E-state index contributed by atoms with van der Waals surface area (Å²) in [7, 11) is -3.80. The van der Waals surface area contributed by atoms with Crippen LogP contribution in [0.3, 0.4) is 0 Å². The van der Waals surface area contributed by atoms with Gasteiger partial charge in [0.1, 0.15) is 16.2 Å². The zero-order valence-corrected chi connectivity index (χ0v) is 15.2. The number of rotatable bonds is 5. The van der Waals surface area contributed by atoms with Crippen LogP contribution in [0.2, 0.25) is 0 Å². The average molecular weight is 360 g/mol. The molecule has 7 nitrogen and oxygen atoms in total. The van der Waals surface area contributed by atoms with Gasteiger partial charge < -0.3 is 0 Å². The number of nitrogens with zero attached hydrogens (tertiary/aromatic N) is 3. The summed E-state index contributed by atoms with van der Waals surface area (Å²) in [6, 6.07) is 8.45. The van der Waals surface area contributed by atoms with Crippen molar-refractivity contribution in [2.24, 2.45) is 0 Å². The summed E-state index contributed by atoms with van der Waals surface area (Å²) in [6.07, 6.45) is 2.02. The third-order valence-electron chi connectivity index (χ3n) is 3.99. The van der Waals surface area contributed by atoms with Crippen LogP contribution < -0.4 is 10.3 Å². The first-order valence-corrected chi connectivity index (χ1v) is 9.55. The summed E-state index contributed by atoms with van der Waals surface area (Å²) in [5, 5.41) is 4.28. The lowest BCUT2D eigenvalue weighted by Crippen LogP contribution is -2.26. The van der Waals surface area contributed by atoms with Crippen molar-refractivity contribution in [3.8, 4) is 0 Å². The van der Waals surface area contributed by atoms with E-state index in [9.17, 15) is 13.2 Å². The second-order valence-electron chi connectivity index (χ2n) is 5.79. The van der Waals surface area contributed by atoms with Crippen molar-refractivity contribution in [1.82, 2.24) is 14.2 Å². The smallest absolute Gasteiger partial charge is 0.291 e. The largest absolute Gasteiger partial charge is 0.297 e. The first-order chi connectivity index (χ1) is 11.9. The van der Waals surface area contributed by atoms with Crippen molar-refractivity contribution in [1.29, 1.82) is 0 Å². The third-order valence-corrected chi connectivity index (χ3v) is 5.34. The fourth-order valence-electron chi connectivity index (χ4n) is 2.62. The Morgan fingerprint density at radius 2 is 1.84 bits per heavy atom. The van der Waals surface area contributed by atoms with E-state index in [4.69, 9.17) is 0 Å². The number of hydrogen-bond donors (Lipinski definition) is 1. The van der Waals surface area contributed by atoms with Gasteiger partial charge in [0, 0.05) is 24.8 Å². The fourth-order valence-corrected chi connectivity index (χ4v) is 3.70. The van der Waals surface area contributed by atoms with Crippen LogP contribution in [0.4, 0.5) is 5.69 Å². The minimum absolute atomic E-state index is 0.0375. The molecule has 0 fully saturated rings. The number of anilines is 1. The van der Waals surface area contributed by atoms with Crippen molar-refractivity contribution in [2.75, 3.05) is 4.72 Å². The molecule has 1 N–H and O–H groups in total. The van der Waals surface area contributed by atoms with Gasteiger partial charge in [-0.2, -0.15) is 5.10 Å². The molecule has 0 saturated carbocycles. The predicted molar refractivity (Wildman–Crippen MR) is 96.5 cm³/mol. The van der Waals surface area contributed by atoms with Crippen LogP contribution in [-0.4, -0.2) is 22.6 Å². The van der Waals surface area contributed by atoms with Crippen molar-refractivity contribution in [3.05, 3.63) is 58.3 Å². The SMILES string of the molecule is CCc1nn(CC)c(=O)c2cc(S(=O)(=O)Nc3ccc(C)cc3)cn12. The van der Waals surface area contributed by atoms with Gasteiger partial charge in [-0.05, 0) is 32.0 Å². The van der Waals surface area contributed by atoms with Crippen LogP contribution in [-0.2, 0) is 23.0 Å². The minimum Gasteiger partial charge on any atom is -0.297 e. The summed E-state index contributed by atoms with van der Waals surface area (Å²) in [4.78, 5) is 12.5. The maximum absolute atomic E-state index is 12.7. The zero-order chi connectivity index (χ0) is 18.2. The molecule has 0 aliphatic heterocycles. The summed E-state index contributed by atoms with van der Waals surface area (Å²) >= 11 is 0. The van der Waals surface area contributed by atoms with E-state index in [2.05, 4.69) is 9.82 Å². The molecule has 25 heavy (non-hydrogen) atoms. The quantitative estimate of drug-likeness (QED) is 0.756. The van der Waals surface area contributed by atoms with Gasteiger partial charge in [0.25, 0.3) is 15.6 Å². The maximum atomic E-state index is 12.7. The molecule has 1 aromatic carbocycles. The number of hydrogen-bond acceptors (Lipinski definition) is 4. The van der Waals surface area contributed by atoms with Gasteiger partial charge in [0.2, 0.25) is 0 Å². The molecule has 2 heterocycles. The van der Waals surface area contributed by atoms with Crippen molar-refractivity contribution >= 4 is 21.2 Å². The first-order valence-electron chi connectivity index (χ1n) is 8.07. The van der Waals surface area contributed by atoms with E-state index in [0.29, 0.717) is 30.0 Å². The fraction of sp³-hybridized carbons (Fsp3) is 0.294. The molecule has 2 aromatic heterocycles. The predicted octanol–water partition coefficient (Wildman–Crippen LogP) is 2.19. The topological polar surface area (TPSA) is 85.5 Å². The van der Waals surface area contributed by atoms with E-state index < -0.39 is 10.0 Å². The van der Waals surface area contributed by atoms with Gasteiger partial charge in [-0.3, -0.25) is 13.9 Å². The van der Waals surface area contributed by atoms with Crippen molar-refractivity contribution in [3.63, 3.8) is 0 Å². The van der Waals surface area contributed by atoms with E-state index in [1.807, 2.05) is 32.9 Å². The van der Waals surface area contributed by atoms with Crippen LogP contribution >= 0.6 is 0 Å². The second-order valence-corrected chi connectivity index (χ2v) is 7.48. The number of sulfonamides is 1. The molecule has 0 atom stereocenters. The maximum Gasteiger partial charge on any atom is 0.291 e. The molecule has 0 aliphatic carbocycles. The summed E-state index contributed by atoms with van der Waals surface area (Å²) in [6.45, 7) is 6.09. The first kappa shape index (κ1) is 17.2. The second kappa shape index (κ2) is 6.36. The van der Waals surface area contributed by atoms with Crippen LogP contribution in [0.1, 0.15) is 25.2 Å². The number of fused-ring (bicyclic) bond motifs is 1. The van der Waals surface area contributed by atoms with Gasteiger partial charge in [-0.1, -0.05) is 24.6 Å². The molecule has 0 unspecified atom stereocenters. The van der Waals surface area contributed by atoms with Crippen LogP contribution in [0, 0.1) is 6.92 Å². The highest BCUT2D eigenvalue weighted by atomic mass is 32.2. The van der Waals surface area contributed by atoms with Crippen molar-refractivity contribution < 1.29 is 8.42 Å². The molecule has 0 radical (unpaired) electrons. The summed E-state index contributed by atoms with van der Waals surface area (Å²) in [5.74, 6) is 0.633. The lowest BCUT2D eigenvalue weighted by molar-refractivity contribution is 0.583. The number of aromatic nitrogens is 3. The van der Waals surface area contributed by atoms with Gasteiger partial charge in [-0.25, -0.2) is 13.1 Å². The Balaban J connectivity index is 2.10. The number of aryl methyl sites for hydroxylation is 3. The van der Waals surface area contributed by atoms with Crippen LogP contribution in [0.5, 0.6) is 0 Å². The zero-order valence-electron chi connectivity index (χ0n) is 14.4. The van der Waals surface area contributed by atoms with E-state index in [0.717, 1.165) is 5.56 Å². The van der Waals surface area contributed by atoms with Gasteiger partial charge in [0.05, 0.1) is 0 Å². The van der Waals surface area contributed by atoms with Gasteiger partial charge in [-0.15, -0.1) is 0 Å². The van der Waals surface area contributed by atoms with Gasteiger partial charge in [0.15, 0.2) is 0 Å². The molecule has 0 amide bonds. The Morgan fingerprint density at radius 1 is 1.16 bits per heavy atom. The average Bonchev–Trinajstić information content (AvgIpc) is 3.04. The van der Waals surface area contributed by atoms with Crippen molar-refractivity contribution in [2.45, 2.75) is 38.6 Å². The van der Waals surface area contributed by atoms with E-state index in [-0.39, 0.29) is 10.5 Å². The molecule has 3 rings (SSSR count). The molecule has 0 aliphatic rings. The lowest BCUT2D eigenvalue weighted by Gasteiger charge is -2.07. The highest BCUT2D eigenvalue weighted by molar-refractivity contribution is 7.92. The van der Waals surface area contributed by atoms with Crippen LogP contribution in [0.25, 0.3) is 5.52 Å². The van der Waals surface area contributed by atoms with Gasteiger partial charge >= 0.3 is 0 Å². The van der Waals surface area contributed by atoms with Crippen LogP contribution in [0.15, 0.2) is 46.2 Å². The van der Waals surface area contributed by atoms with E-state index in [1.165, 1.54) is 16.9 Å². The number of benzene rings is 1. The third kappa shape index (κ3) is 3.17. The molecule has 0 bridgehead atoms. The minimum atomic E-state index is -3.80. The highest BCUT2D eigenvalue weighted by Gasteiger charge is 2.20. The Bertz CT molecular complexity index is 1080. The Labute approximate surface area is 146 Å². The normalized spacial score (nSPS) is 11.8. The molecule has 132 valence electrons. The summed E-state index contributed by atoms with van der Waals surface area (Å²) < 4.78 is 30.8. The summed E-state index contributed by atoms with van der Waals surface area (Å²) in [5.41, 5.74) is 1.51. The van der Waals surface area contributed by atoms with E-state index in [1.54, 1.807) is 16.5 Å². The molecular formula is C17H20N4O3S. The van der Waals surface area contributed by atoms with E-state index >= 15 is 0 Å². The number of nitrogens with one attached hydrogen (secondary N) is 1.